The Morgan fingerprint density at radius 3 is 2.38 bits per heavy atom. The Morgan fingerprint density at radius 2 is 1.77 bits per heavy atom. The summed E-state index contributed by atoms with van der Waals surface area (Å²) in [5, 5.41) is 36.5. The first kappa shape index (κ1) is 8.84. The van der Waals surface area contributed by atoms with Crippen LogP contribution in [0, 0.1) is 11.3 Å². The minimum absolute atomic E-state index is 0.0200. The van der Waals surface area contributed by atoms with E-state index in [-0.39, 0.29) is 12.6 Å². The SMILES string of the molecule is N#[N+]C[C@@H]1[C@@H](O)[C@H](O)[C@@H](O)[C@@H]2O[C@H]12. The summed E-state index contributed by atoms with van der Waals surface area (Å²) in [6.45, 7) is 0.0200. The summed E-state index contributed by atoms with van der Waals surface area (Å²) >= 11 is 0. The quantitative estimate of drug-likeness (QED) is 0.336. The molecule has 0 bridgehead atoms. The highest BCUT2D eigenvalue weighted by atomic mass is 16.6. The van der Waals surface area contributed by atoms with Gasteiger partial charge in [-0.1, -0.05) is 0 Å². The van der Waals surface area contributed by atoms with Crippen LogP contribution in [0.3, 0.4) is 0 Å². The van der Waals surface area contributed by atoms with Gasteiger partial charge in [0, 0.05) is 0 Å². The highest BCUT2D eigenvalue weighted by Gasteiger charge is 2.61. The fourth-order valence-corrected chi connectivity index (χ4v) is 1.91. The molecule has 6 atom stereocenters. The number of nitrogens with zero attached hydrogens (tertiary/aromatic N) is 2. The van der Waals surface area contributed by atoms with E-state index in [0.29, 0.717) is 0 Å². The molecular weight excluding hydrogens is 176 g/mol. The van der Waals surface area contributed by atoms with E-state index in [2.05, 4.69) is 4.98 Å². The van der Waals surface area contributed by atoms with Gasteiger partial charge in [0.2, 0.25) is 5.39 Å². The van der Waals surface area contributed by atoms with Crippen LogP contribution in [0.2, 0.25) is 0 Å². The second kappa shape index (κ2) is 2.89. The highest BCUT2D eigenvalue weighted by molar-refractivity contribution is 5.08. The normalized spacial score (nSPS) is 53.7. The Morgan fingerprint density at radius 1 is 1.08 bits per heavy atom. The lowest BCUT2D eigenvalue weighted by Gasteiger charge is -2.28. The number of rotatable bonds is 1. The number of hydrogen-bond donors (Lipinski definition) is 3. The molecule has 2 rings (SSSR count). The van der Waals surface area contributed by atoms with Gasteiger partial charge in [0.15, 0.2) is 0 Å². The van der Waals surface area contributed by atoms with E-state index in [0.717, 1.165) is 0 Å². The van der Waals surface area contributed by atoms with E-state index in [1.54, 1.807) is 0 Å². The fourth-order valence-electron chi connectivity index (χ4n) is 1.91. The van der Waals surface area contributed by atoms with Gasteiger partial charge in [-0.3, -0.25) is 0 Å². The number of epoxide rings is 1. The van der Waals surface area contributed by atoms with E-state index in [9.17, 15) is 15.3 Å². The number of aliphatic hydroxyl groups is 3. The number of hydrogen-bond acceptors (Lipinski definition) is 5. The predicted molar refractivity (Wildman–Crippen MR) is 40.1 cm³/mol. The summed E-state index contributed by atoms with van der Waals surface area (Å²) in [5.41, 5.74) is 0. The van der Waals surface area contributed by atoms with E-state index < -0.39 is 30.3 Å². The lowest BCUT2D eigenvalue weighted by atomic mass is 9.83. The molecule has 72 valence electrons. The molecule has 0 amide bonds. The van der Waals surface area contributed by atoms with Crippen LogP contribution < -0.4 is 0 Å². The first-order valence-electron chi connectivity index (χ1n) is 4.17. The van der Waals surface area contributed by atoms with Crippen molar-refractivity contribution in [2.75, 3.05) is 6.54 Å². The Balaban J connectivity index is 2.10. The summed E-state index contributed by atoms with van der Waals surface area (Å²) < 4.78 is 5.05. The van der Waals surface area contributed by atoms with Gasteiger partial charge < -0.3 is 20.1 Å². The van der Waals surface area contributed by atoms with E-state index in [1.807, 2.05) is 0 Å². The average molecular weight is 187 g/mol. The molecular formula is C7H11N2O4+. The van der Waals surface area contributed by atoms with Crippen LogP contribution in [0.15, 0.2) is 0 Å². The van der Waals surface area contributed by atoms with Crippen LogP contribution in [0.1, 0.15) is 0 Å². The Kier molecular flexibility index (Phi) is 1.96. The van der Waals surface area contributed by atoms with E-state index in [4.69, 9.17) is 10.1 Å². The zero-order chi connectivity index (χ0) is 9.59. The van der Waals surface area contributed by atoms with Gasteiger partial charge >= 0.3 is 6.54 Å². The third-order valence-electron chi connectivity index (χ3n) is 2.75. The smallest absolute Gasteiger partial charge is 0.313 e. The van der Waals surface area contributed by atoms with Crippen LogP contribution in [-0.2, 0) is 4.74 Å². The monoisotopic (exact) mass is 187 g/mol. The molecule has 0 radical (unpaired) electrons. The highest BCUT2D eigenvalue weighted by Crippen LogP contribution is 2.41. The topological polar surface area (TPSA) is 101 Å². The molecule has 0 spiro atoms. The molecule has 0 aromatic carbocycles. The minimum atomic E-state index is -1.21. The van der Waals surface area contributed by atoms with Crippen molar-refractivity contribution < 1.29 is 20.1 Å². The molecule has 6 heteroatoms. The van der Waals surface area contributed by atoms with E-state index in [1.165, 1.54) is 0 Å². The maximum absolute atomic E-state index is 9.47. The molecule has 0 aromatic rings. The predicted octanol–water partition coefficient (Wildman–Crippen LogP) is -1.68. The standard InChI is InChI=1S/C7H11N2O4/c8-9-1-2-3(10)4(11)5(12)7-6(2)13-7/h2-7,10-12H,1H2/q+1/t2-,3-,4+,5-,6-,7+/m1/s1. The van der Waals surface area contributed by atoms with Gasteiger partial charge in [-0.05, 0) is 0 Å². The summed E-state index contributed by atoms with van der Waals surface area (Å²) in [4.78, 5) is 2.91. The molecule has 1 aliphatic heterocycles. The maximum Gasteiger partial charge on any atom is 0.313 e. The zero-order valence-electron chi connectivity index (χ0n) is 6.82. The van der Waals surface area contributed by atoms with Crippen molar-refractivity contribution in [3.05, 3.63) is 4.98 Å². The van der Waals surface area contributed by atoms with Crippen molar-refractivity contribution in [2.24, 2.45) is 5.92 Å². The molecule has 1 saturated carbocycles. The molecule has 13 heavy (non-hydrogen) atoms. The lowest BCUT2D eigenvalue weighted by Crippen LogP contribution is -2.51. The van der Waals surface area contributed by atoms with Gasteiger partial charge in [-0.2, -0.15) is 0 Å². The minimum Gasteiger partial charge on any atom is -0.390 e. The van der Waals surface area contributed by atoms with Gasteiger partial charge in [-0.15, -0.1) is 0 Å². The molecule has 1 heterocycles. The lowest BCUT2D eigenvalue weighted by molar-refractivity contribution is -0.0945. The maximum atomic E-state index is 9.47. The zero-order valence-corrected chi connectivity index (χ0v) is 6.82. The third kappa shape index (κ3) is 1.21. The van der Waals surface area contributed by atoms with Crippen molar-refractivity contribution >= 4 is 0 Å². The first-order valence-corrected chi connectivity index (χ1v) is 4.17. The van der Waals surface area contributed by atoms with Crippen molar-refractivity contribution in [3.8, 4) is 0 Å². The number of diazo groups is 1. The van der Waals surface area contributed by atoms with Crippen molar-refractivity contribution in [3.63, 3.8) is 0 Å². The number of ether oxygens (including phenoxy) is 1. The van der Waals surface area contributed by atoms with Gasteiger partial charge in [0.05, 0.1) is 18.1 Å². The van der Waals surface area contributed by atoms with Crippen molar-refractivity contribution in [1.82, 2.24) is 0 Å². The summed E-state index contributed by atoms with van der Waals surface area (Å²) in [6.07, 6.45) is -4.03. The molecule has 0 aromatic heterocycles. The molecule has 6 nitrogen and oxygen atoms in total. The molecule has 1 aliphatic carbocycles. The van der Waals surface area contributed by atoms with Crippen LogP contribution in [0.25, 0.3) is 4.98 Å². The Hall–Kier alpha value is -0.740. The summed E-state index contributed by atoms with van der Waals surface area (Å²) in [7, 11) is 0. The third-order valence-corrected chi connectivity index (χ3v) is 2.75. The van der Waals surface area contributed by atoms with Crippen molar-refractivity contribution in [2.45, 2.75) is 30.5 Å². The Labute approximate surface area is 74.4 Å². The van der Waals surface area contributed by atoms with E-state index >= 15 is 0 Å². The van der Waals surface area contributed by atoms with Crippen LogP contribution in [-0.4, -0.2) is 52.4 Å². The van der Waals surface area contributed by atoms with Crippen molar-refractivity contribution in [1.29, 1.82) is 5.39 Å². The van der Waals surface area contributed by atoms with Crippen LogP contribution in [0.5, 0.6) is 0 Å². The van der Waals surface area contributed by atoms with Gasteiger partial charge in [-0.25, -0.2) is 0 Å². The van der Waals surface area contributed by atoms with Gasteiger partial charge in [0.25, 0.3) is 0 Å². The molecule has 0 unspecified atom stereocenters. The largest absolute Gasteiger partial charge is 0.390 e. The molecule has 3 N–H and O–H groups in total. The Bertz CT molecular complexity index is 253. The molecule has 2 aliphatic rings. The summed E-state index contributed by atoms with van der Waals surface area (Å²) in [6, 6.07) is 0. The second-order valence-electron chi connectivity index (χ2n) is 3.52. The molecule has 2 fully saturated rings. The second-order valence-corrected chi connectivity index (χ2v) is 3.52. The first-order chi connectivity index (χ1) is 6.16. The fraction of sp³-hybridized carbons (Fsp3) is 1.00. The van der Waals surface area contributed by atoms with Gasteiger partial charge in [0.1, 0.15) is 23.3 Å². The number of aliphatic hydroxyl groups excluding tert-OH is 3. The van der Waals surface area contributed by atoms with Crippen LogP contribution in [0.4, 0.5) is 0 Å². The molecule has 1 saturated heterocycles. The number of fused-ring (bicyclic) bond motifs is 1. The van der Waals surface area contributed by atoms with Crippen LogP contribution >= 0.6 is 0 Å². The summed E-state index contributed by atoms with van der Waals surface area (Å²) in [5.74, 6) is -0.423. The average Bonchev–Trinajstić information content (AvgIpc) is 2.88.